The summed E-state index contributed by atoms with van der Waals surface area (Å²) < 4.78 is 12.7. The standard InChI is InChI=1S/C15H18N2O2/c1-18-14-7-6-11(9-15(14)19-2)13-10-12-5-3-4-8-17(12)16-13/h6-7,9-10H,3-5,8H2,1-2H3. The minimum Gasteiger partial charge on any atom is -0.493 e. The zero-order valence-corrected chi connectivity index (χ0v) is 11.3. The molecule has 19 heavy (non-hydrogen) atoms. The Morgan fingerprint density at radius 2 is 1.89 bits per heavy atom. The van der Waals surface area contributed by atoms with E-state index in [4.69, 9.17) is 9.47 Å². The molecule has 3 rings (SSSR count). The average molecular weight is 258 g/mol. The van der Waals surface area contributed by atoms with Crippen molar-refractivity contribution in [3.05, 3.63) is 30.0 Å². The first-order valence-corrected chi connectivity index (χ1v) is 6.61. The van der Waals surface area contributed by atoms with Crippen LogP contribution in [0.3, 0.4) is 0 Å². The Kier molecular flexibility index (Phi) is 3.15. The molecule has 0 saturated heterocycles. The van der Waals surface area contributed by atoms with Gasteiger partial charge in [0.1, 0.15) is 0 Å². The summed E-state index contributed by atoms with van der Waals surface area (Å²) in [6.07, 6.45) is 3.61. The lowest BCUT2D eigenvalue weighted by Gasteiger charge is -2.11. The fourth-order valence-corrected chi connectivity index (χ4v) is 2.55. The molecule has 0 saturated carbocycles. The van der Waals surface area contributed by atoms with E-state index in [-0.39, 0.29) is 0 Å². The van der Waals surface area contributed by atoms with Crippen LogP contribution in [-0.2, 0) is 13.0 Å². The molecule has 1 aliphatic heterocycles. The highest BCUT2D eigenvalue weighted by atomic mass is 16.5. The molecule has 0 radical (unpaired) electrons. The molecule has 4 heteroatoms. The first-order chi connectivity index (χ1) is 9.31. The highest BCUT2D eigenvalue weighted by molar-refractivity contribution is 5.64. The third-order valence-corrected chi connectivity index (χ3v) is 3.60. The van der Waals surface area contributed by atoms with Crippen LogP contribution in [0.4, 0.5) is 0 Å². The predicted octanol–water partition coefficient (Wildman–Crippen LogP) is 2.90. The molecule has 1 aromatic carbocycles. The van der Waals surface area contributed by atoms with E-state index in [9.17, 15) is 0 Å². The Hall–Kier alpha value is -1.97. The summed E-state index contributed by atoms with van der Waals surface area (Å²) >= 11 is 0. The van der Waals surface area contributed by atoms with Crippen molar-refractivity contribution in [2.45, 2.75) is 25.8 Å². The molecule has 2 heterocycles. The molecule has 100 valence electrons. The number of rotatable bonds is 3. The molecule has 2 aromatic rings. The minimum atomic E-state index is 0.742. The van der Waals surface area contributed by atoms with E-state index in [2.05, 4.69) is 15.8 Å². The number of nitrogens with zero attached hydrogens (tertiary/aromatic N) is 2. The van der Waals surface area contributed by atoms with Gasteiger partial charge in [0.05, 0.1) is 19.9 Å². The summed E-state index contributed by atoms with van der Waals surface area (Å²) in [4.78, 5) is 0. The molecule has 0 spiro atoms. The van der Waals surface area contributed by atoms with Crippen LogP contribution in [0, 0.1) is 0 Å². The number of methoxy groups -OCH3 is 2. The molecule has 0 bridgehead atoms. The monoisotopic (exact) mass is 258 g/mol. The van der Waals surface area contributed by atoms with Crippen molar-refractivity contribution in [3.8, 4) is 22.8 Å². The molecule has 0 N–H and O–H groups in total. The van der Waals surface area contributed by atoms with Crippen molar-refractivity contribution in [2.75, 3.05) is 14.2 Å². The number of aryl methyl sites for hydroxylation is 2. The van der Waals surface area contributed by atoms with Gasteiger partial charge in [-0.3, -0.25) is 4.68 Å². The highest BCUT2D eigenvalue weighted by Crippen LogP contribution is 2.32. The number of ether oxygens (including phenoxy) is 2. The van der Waals surface area contributed by atoms with Crippen molar-refractivity contribution < 1.29 is 9.47 Å². The zero-order chi connectivity index (χ0) is 13.2. The first-order valence-electron chi connectivity index (χ1n) is 6.61. The zero-order valence-electron chi connectivity index (χ0n) is 11.3. The topological polar surface area (TPSA) is 36.3 Å². The van der Waals surface area contributed by atoms with Crippen LogP contribution >= 0.6 is 0 Å². The van der Waals surface area contributed by atoms with Gasteiger partial charge in [-0.15, -0.1) is 0 Å². The number of fused-ring (bicyclic) bond motifs is 1. The van der Waals surface area contributed by atoms with Crippen molar-refractivity contribution in [1.29, 1.82) is 0 Å². The summed E-state index contributed by atoms with van der Waals surface area (Å²) in [6, 6.07) is 8.11. The molecule has 4 nitrogen and oxygen atoms in total. The fourth-order valence-electron chi connectivity index (χ4n) is 2.55. The maximum absolute atomic E-state index is 5.34. The van der Waals surface area contributed by atoms with Crippen molar-refractivity contribution in [1.82, 2.24) is 9.78 Å². The normalized spacial score (nSPS) is 14.0. The van der Waals surface area contributed by atoms with E-state index in [1.807, 2.05) is 18.2 Å². The molecule has 0 amide bonds. The van der Waals surface area contributed by atoms with Crippen LogP contribution in [0.2, 0.25) is 0 Å². The SMILES string of the molecule is COc1ccc(-c2cc3n(n2)CCCC3)cc1OC. The summed E-state index contributed by atoms with van der Waals surface area (Å²) in [7, 11) is 3.30. The van der Waals surface area contributed by atoms with Crippen LogP contribution in [0.25, 0.3) is 11.3 Å². The van der Waals surface area contributed by atoms with Gasteiger partial charge in [0.25, 0.3) is 0 Å². The summed E-state index contributed by atoms with van der Waals surface area (Å²) in [6.45, 7) is 1.03. The number of hydrogen-bond acceptors (Lipinski definition) is 3. The van der Waals surface area contributed by atoms with Gasteiger partial charge in [-0.05, 0) is 43.5 Å². The molecule has 1 aliphatic rings. The molecular formula is C15H18N2O2. The average Bonchev–Trinajstić information content (AvgIpc) is 2.90. The van der Waals surface area contributed by atoms with E-state index >= 15 is 0 Å². The second-order valence-electron chi connectivity index (χ2n) is 4.77. The van der Waals surface area contributed by atoms with Gasteiger partial charge in [0, 0.05) is 17.8 Å². The predicted molar refractivity (Wildman–Crippen MR) is 73.7 cm³/mol. The van der Waals surface area contributed by atoms with Gasteiger partial charge in [-0.2, -0.15) is 5.10 Å². The lowest BCUT2D eigenvalue weighted by atomic mass is 10.1. The lowest BCUT2D eigenvalue weighted by molar-refractivity contribution is 0.355. The van der Waals surface area contributed by atoms with Crippen molar-refractivity contribution in [2.24, 2.45) is 0 Å². The second kappa shape index (κ2) is 4.96. The van der Waals surface area contributed by atoms with Gasteiger partial charge in [-0.1, -0.05) is 0 Å². The van der Waals surface area contributed by atoms with Gasteiger partial charge >= 0.3 is 0 Å². The Labute approximate surface area is 113 Å². The smallest absolute Gasteiger partial charge is 0.161 e. The third-order valence-electron chi connectivity index (χ3n) is 3.60. The molecule has 0 aliphatic carbocycles. The van der Waals surface area contributed by atoms with E-state index < -0.39 is 0 Å². The summed E-state index contributed by atoms with van der Waals surface area (Å²) in [5, 5.41) is 4.67. The maximum atomic E-state index is 5.34. The van der Waals surface area contributed by atoms with Crippen LogP contribution in [-0.4, -0.2) is 24.0 Å². The molecule has 0 unspecified atom stereocenters. The Morgan fingerprint density at radius 3 is 2.63 bits per heavy atom. The second-order valence-corrected chi connectivity index (χ2v) is 4.77. The Morgan fingerprint density at radius 1 is 1.05 bits per heavy atom. The number of aromatic nitrogens is 2. The van der Waals surface area contributed by atoms with Gasteiger partial charge in [-0.25, -0.2) is 0 Å². The largest absolute Gasteiger partial charge is 0.493 e. The van der Waals surface area contributed by atoms with Crippen LogP contribution in [0.5, 0.6) is 11.5 Å². The highest BCUT2D eigenvalue weighted by Gasteiger charge is 2.14. The first kappa shape index (κ1) is 12.1. The lowest BCUT2D eigenvalue weighted by Crippen LogP contribution is -2.10. The summed E-state index contributed by atoms with van der Waals surface area (Å²) in [5.41, 5.74) is 3.41. The minimum absolute atomic E-state index is 0.742. The molecule has 0 atom stereocenters. The van der Waals surface area contributed by atoms with Crippen molar-refractivity contribution >= 4 is 0 Å². The van der Waals surface area contributed by atoms with E-state index in [1.165, 1.54) is 18.5 Å². The molecule has 1 aromatic heterocycles. The Balaban J connectivity index is 1.99. The van der Waals surface area contributed by atoms with Crippen LogP contribution in [0.15, 0.2) is 24.3 Å². The van der Waals surface area contributed by atoms with Crippen LogP contribution < -0.4 is 9.47 Å². The fraction of sp³-hybridized carbons (Fsp3) is 0.400. The molecule has 0 fully saturated rings. The maximum Gasteiger partial charge on any atom is 0.161 e. The quantitative estimate of drug-likeness (QED) is 0.849. The Bertz CT molecular complexity index is 566. The van der Waals surface area contributed by atoms with E-state index in [1.54, 1.807) is 14.2 Å². The van der Waals surface area contributed by atoms with E-state index in [0.717, 1.165) is 35.7 Å². The van der Waals surface area contributed by atoms with Gasteiger partial charge in [0.15, 0.2) is 11.5 Å². The third kappa shape index (κ3) is 2.18. The number of hydrogen-bond donors (Lipinski definition) is 0. The number of benzene rings is 1. The summed E-state index contributed by atoms with van der Waals surface area (Å²) in [5.74, 6) is 1.49. The van der Waals surface area contributed by atoms with E-state index in [0.29, 0.717) is 0 Å². The van der Waals surface area contributed by atoms with Gasteiger partial charge < -0.3 is 9.47 Å². The van der Waals surface area contributed by atoms with Gasteiger partial charge in [0.2, 0.25) is 0 Å². The van der Waals surface area contributed by atoms with Crippen molar-refractivity contribution in [3.63, 3.8) is 0 Å². The van der Waals surface area contributed by atoms with Crippen LogP contribution in [0.1, 0.15) is 18.5 Å². The molecular weight excluding hydrogens is 240 g/mol.